The SMILES string of the molecule is Nc1ccc(-n2nnc(C(=O)O)n2)cc1. The Hall–Kier alpha value is -2.44. The smallest absolute Gasteiger partial charge is 0.377 e. The maximum Gasteiger partial charge on any atom is 0.377 e. The molecule has 1 aromatic carbocycles. The Balaban J connectivity index is 2.37. The molecule has 0 aliphatic carbocycles. The van der Waals surface area contributed by atoms with Crippen molar-refractivity contribution in [3.8, 4) is 5.69 Å². The third-order valence-electron chi connectivity index (χ3n) is 1.73. The van der Waals surface area contributed by atoms with Gasteiger partial charge in [0.05, 0.1) is 5.69 Å². The first-order valence-electron chi connectivity index (χ1n) is 4.06. The van der Waals surface area contributed by atoms with Crippen molar-refractivity contribution in [3.63, 3.8) is 0 Å². The topological polar surface area (TPSA) is 107 Å². The molecule has 0 amide bonds. The fourth-order valence-corrected chi connectivity index (χ4v) is 1.02. The fourth-order valence-electron chi connectivity index (χ4n) is 1.02. The van der Waals surface area contributed by atoms with E-state index >= 15 is 0 Å². The normalized spacial score (nSPS) is 10.1. The minimum absolute atomic E-state index is 0.341. The van der Waals surface area contributed by atoms with Crippen LogP contribution in [0.3, 0.4) is 0 Å². The first-order chi connectivity index (χ1) is 7.16. The van der Waals surface area contributed by atoms with Crippen LogP contribution in [-0.4, -0.2) is 31.3 Å². The summed E-state index contributed by atoms with van der Waals surface area (Å²) in [5, 5.41) is 19.2. The van der Waals surface area contributed by atoms with E-state index in [1.807, 2.05) is 0 Å². The Labute approximate surface area is 84.1 Å². The number of rotatable bonds is 2. The lowest BCUT2D eigenvalue weighted by atomic mass is 10.3. The summed E-state index contributed by atoms with van der Waals surface area (Å²) in [5.41, 5.74) is 6.71. The molecular weight excluding hydrogens is 198 g/mol. The van der Waals surface area contributed by atoms with Crippen molar-refractivity contribution in [2.45, 2.75) is 0 Å². The number of nitrogens with zero attached hydrogens (tertiary/aromatic N) is 4. The summed E-state index contributed by atoms with van der Waals surface area (Å²) in [4.78, 5) is 11.6. The van der Waals surface area contributed by atoms with Crippen molar-refractivity contribution in [3.05, 3.63) is 30.1 Å². The molecular formula is C8H7N5O2. The zero-order chi connectivity index (χ0) is 10.8. The van der Waals surface area contributed by atoms with Crippen LogP contribution >= 0.6 is 0 Å². The minimum Gasteiger partial charge on any atom is -0.475 e. The van der Waals surface area contributed by atoms with Crippen LogP contribution in [0.1, 0.15) is 10.6 Å². The van der Waals surface area contributed by atoms with Gasteiger partial charge in [-0.3, -0.25) is 0 Å². The molecule has 76 valence electrons. The molecule has 2 aromatic rings. The molecule has 0 spiro atoms. The van der Waals surface area contributed by atoms with Gasteiger partial charge in [-0.05, 0) is 29.5 Å². The molecule has 0 saturated heterocycles. The highest BCUT2D eigenvalue weighted by Gasteiger charge is 2.10. The molecule has 1 heterocycles. The second-order valence-corrected chi connectivity index (χ2v) is 2.80. The summed E-state index contributed by atoms with van der Waals surface area (Å²) >= 11 is 0. The quantitative estimate of drug-likeness (QED) is 0.665. The van der Waals surface area contributed by atoms with Gasteiger partial charge in [-0.15, -0.1) is 15.0 Å². The highest BCUT2D eigenvalue weighted by atomic mass is 16.4. The van der Waals surface area contributed by atoms with Gasteiger partial charge in [0, 0.05) is 5.69 Å². The number of aromatic carboxylic acids is 1. The number of nitrogen functional groups attached to an aromatic ring is 1. The maximum absolute atomic E-state index is 10.5. The molecule has 0 aliphatic rings. The van der Waals surface area contributed by atoms with Crippen molar-refractivity contribution in [1.29, 1.82) is 0 Å². The summed E-state index contributed by atoms with van der Waals surface area (Å²) in [6, 6.07) is 6.67. The van der Waals surface area contributed by atoms with Gasteiger partial charge in [-0.25, -0.2) is 4.79 Å². The highest BCUT2D eigenvalue weighted by Crippen LogP contribution is 2.07. The molecule has 0 saturated carbocycles. The summed E-state index contributed by atoms with van der Waals surface area (Å²) in [6.45, 7) is 0. The summed E-state index contributed by atoms with van der Waals surface area (Å²) in [6.07, 6.45) is 0. The van der Waals surface area contributed by atoms with Gasteiger partial charge in [-0.2, -0.15) is 0 Å². The number of tetrazole rings is 1. The summed E-state index contributed by atoms with van der Waals surface area (Å²) < 4.78 is 0. The van der Waals surface area contributed by atoms with Crippen molar-refractivity contribution >= 4 is 11.7 Å². The van der Waals surface area contributed by atoms with Crippen molar-refractivity contribution in [1.82, 2.24) is 20.2 Å². The third-order valence-corrected chi connectivity index (χ3v) is 1.73. The van der Waals surface area contributed by atoms with Crippen LogP contribution in [0, 0.1) is 0 Å². The zero-order valence-electron chi connectivity index (χ0n) is 7.53. The summed E-state index contributed by atoms with van der Waals surface area (Å²) in [7, 11) is 0. The molecule has 0 unspecified atom stereocenters. The molecule has 7 nitrogen and oxygen atoms in total. The Morgan fingerprint density at radius 1 is 1.33 bits per heavy atom. The number of aromatic nitrogens is 4. The highest BCUT2D eigenvalue weighted by molar-refractivity contribution is 5.82. The van der Waals surface area contributed by atoms with E-state index in [1.165, 1.54) is 0 Å². The van der Waals surface area contributed by atoms with Crippen LogP contribution < -0.4 is 5.73 Å². The number of nitrogens with two attached hydrogens (primary N) is 1. The Kier molecular flexibility index (Phi) is 2.05. The van der Waals surface area contributed by atoms with E-state index in [4.69, 9.17) is 10.8 Å². The van der Waals surface area contributed by atoms with E-state index in [9.17, 15) is 4.79 Å². The second kappa shape index (κ2) is 3.37. The lowest BCUT2D eigenvalue weighted by Gasteiger charge is -1.97. The van der Waals surface area contributed by atoms with E-state index in [-0.39, 0.29) is 5.82 Å². The van der Waals surface area contributed by atoms with Crippen molar-refractivity contribution < 1.29 is 9.90 Å². The largest absolute Gasteiger partial charge is 0.475 e. The Bertz CT molecular complexity index is 490. The number of carboxylic acid groups (broad SMARTS) is 1. The molecule has 0 fully saturated rings. The van der Waals surface area contributed by atoms with Crippen LogP contribution in [0.2, 0.25) is 0 Å². The molecule has 0 radical (unpaired) electrons. The average molecular weight is 205 g/mol. The first kappa shape index (κ1) is 9.13. The lowest BCUT2D eigenvalue weighted by Crippen LogP contribution is -2.02. The van der Waals surface area contributed by atoms with Gasteiger partial charge >= 0.3 is 5.97 Å². The van der Waals surface area contributed by atoms with Crippen LogP contribution in [0.25, 0.3) is 5.69 Å². The van der Waals surface area contributed by atoms with E-state index in [0.717, 1.165) is 4.80 Å². The number of carbonyl (C=O) groups is 1. The second-order valence-electron chi connectivity index (χ2n) is 2.80. The van der Waals surface area contributed by atoms with Gasteiger partial charge in [0.1, 0.15) is 0 Å². The number of carboxylic acids is 1. The number of hydrogen-bond acceptors (Lipinski definition) is 5. The van der Waals surface area contributed by atoms with Gasteiger partial charge in [0.15, 0.2) is 0 Å². The van der Waals surface area contributed by atoms with E-state index in [2.05, 4.69) is 15.4 Å². The molecule has 7 heteroatoms. The molecule has 3 N–H and O–H groups in total. The summed E-state index contributed by atoms with van der Waals surface area (Å²) in [5.74, 6) is -1.55. The van der Waals surface area contributed by atoms with Crippen molar-refractivity contribution in [2.24, 2.45) is 0 Å². The van der Waals surface area contributed by atoms with Crippen LogP contribution in [-0.2, 0) is 0 Å². The number of anilines is 1. The Morgan fingerprint density at radius 3 is 2.53 bits per heavy atom. The predicted octanol–water partition coefficient (Wildman–Crippen LogP) is -0.0573. The van der Waals surface area contributed by atoms with Crippen molar-refractivity contribution in [2.75, 3.05) is 5.73 Å². The molecule has 1 aromatic heterocycles. The van der Waals surface area contributed by atoms with E-state index in [0.29, 0.717) is 11.4 Å². The number of benzene rings is 1. The van der Waals surface area contributed by atoms with Crippen LogP contribution in [0.4, 0.5) is 5.69 Å². The van der Waals surface area contributed by atoms with Gasteiger partial charge in [0.25, 0.3) is 5.82 Å². The van der Waals surface area contributed by atoms with Gasteiger partial charge < -0.3 is 10.8 Å². The fraction of sp³-hybridized carbons (Fsp3) is 0. The minimum atomic E-state index is -1.21. The standard InChI is InChI=1S/C8H7N5O2/c9-5-1-3-6(4-2-5)13-11-7(8(14)15)10-12-13/h1-4H,9H2,(H,14,15). The monoisotopic (exact) mass is 205 g/mol. The van der Waals surface area contributed by atoms with E-state index < -0.39 is 5.97 Å². The van der Waals surface area contributed by atoms with E-state index in [1.54, 1.807) is 24.3 Å². The Morgan fingerprint density at radius 2 is 2.00 bits per heavy atom. The maximum atomic E-state index is 10.5. The number of hydrogen-bond donors (Lipinski definition) is 2. The zero-order valence-corrected chi connectivity index (χ0v) is 7.53. The molecule has 0 aliphatic heterocycles. The van der Waals surface area contributed by atoms with Crippen LogP contribution in [0.15, 0.2) is 24.3 Å². The van der Waals surface area contributed by atoms with Crippen LogP contribution in [0.5, 0.6) is 0 Å². The molecule has 0 atom stereocenters. The molecule has 0 bridgehead atoms. The third kappa shape index (κ3) is 1.75. The molecule has 2 rings (SSSR count). The average Bonchev–Trinajstić information content (AvgIpc) is 2.68. The van der Waals surface area contributed by atoms with Gasteiger partial charge in [0.2, 0.25) is 0 Å². The molecule has 15 heavy (non-hydrogen) atoms. The lowest BCUT2D eigenvalue weighted by molar-refractivity contribution is 0.0683. The van der Waals surface area contributed by atoms with Gasteiger partial charge in [-0.1, -0.05) is 0 Å². The predicted molar refractivity (Wildman–Crippen MR) is 50.5 cm³/mol. The first-order valence-corrected chi connectivity index (χ1v) is 4.06.